The number of nitrogens with two attached hydrogens (primary N) is 1. The molecule has 0 saturated carbocycles. The van der Waals surface area contributed by atoms with Gasteiger partial charge in [0.1, 0.15) is 0 Å². The van der Waals surface area contributed by atoms with Crippen LogP contribution >= 0.6 is 34.2 Å². The Morgan fingerprint density at radius 1 is 1.58 bits per heavy atom. The van der Waals surface area contributed by atoms with Crippen molar-refractivity contribution in [2.45, 2.75) is 6.92 Å². The van der Waals surface area contributed by atoms with E-state index in [4.69, 9.17) is 17.3 Å². The molecule has 0 atom stereocenters. The van der Waals surface area contributed by atoms with Crippen LogP contribution in [0.15, 0.2) is 12.1 Å². The van der Waals surface area contributed by atoms with Crippen LogP contribution in [0.5, 0.6) is 0 Å². The lowest BCUT2D eigenvalue weighted by atomic mass is 10.1. The van der Waals surface area contributed by atoms with Gasteiger partial charge in [-0.05, 0) is 41.6 Å². The number of rotatable bonds is 1. The van der Waals surface area contributed by atoms with Gasteiger partial charge in [-0.25, -0.2) is 0 Å². The van der Waals surface area contributed by atoms with Gasteiger partial charge in [-0.2, -0.15) is 0 Å². The second kappa shape index (κ2) is 3.62. The number of nitrogen functional groups attached to an aromatic ring is 1. The second-order valence-corrected chi connectivity index (χ2v) is 3.98. The van der Waals surface area contributed by atoms with Crippen LogP contribution in [0.4, 0.5) is 5.69 Å². The second-order valence-electron chi connectivity index (χ2n) is 2.41. The number of carbonyl (C=O) groups is 1. The summed E-state index contributed by atoms with van der Waals surface area (Å²) >= 11 is 7.83. The van der Waals surface area contributed by atoms with E-state index in [-0.39, 0.29) is 5.78 Å². The van der Waals surface area contributed by atoms with E-state index in [0.29, 0.717) is 16.3 Å². The van der Waals surface area contributed by atoms with Crippen LogP contribution in [0.2, 0.25) is 5.02 Å². The summed E-state index contributed by atoms with van der Waals surface area (Å²) in [5.41, 5.74) is 6.73. The number of Topliss-reactive ketones (excluding diaryl/α,β-unsaturated/α-hetero) is 1. The monoisotopic (exact) mass is 295 g/mol. The van der Waals surface area contributed by atoms with Crippen molar-refractivity contribution in [1.82, 2.24) is 0 Å². The van der Waals surface area contributed by atoms with Gasteiger partial charge < -0.3 is 5.73 Å². The maximum absolute atomic E-state index is 11.0. The zero-order chi connectivity index (χ0) is 9.30. The van der Waals surface area contributed by atoms with E-state index in [1.54, 1.807) is 12.1 Å². The highest BCUT2D eigenvalue weighted by atomic mass is 127. The Hall–Kier alpha value is -0.290. The molecule has 0 amide bonds. The van der Waals surface area contributed by atoms with Crippen molar-refractivity contribution in [1.29, 1.82) is 0 Å². The quantitative estimate of drug-likeness (QED) is 0.492. The van der Waals surface area contributed by atoms with E-state index in [0.717, 1.165) is 3.57 Å². The molecule has 1 aromatic rings. The fourth-order valence-corrected chi connectivity index (χ4v) is 1.79. The predicted octanol–water partition coefficient (Wildman–Crippen LogP) is 2.73. The summed E-state index contributed by atoms with van der Waals surface area (Å²) in [7, 11) is 0. The highest BCUT2D eigenvalue weighted by Crippen LogP contribution is 2.26. The molecular weight excluding hydrogens is 288 g/mol. The zero-order valence-electron chi connectivity index (χ0n) is 6.40. The number of ketones is 1. The maximum atomic E-state index is 11.0. The molecule has 0 heterocycles. The van der Waals surface area contributed by atoms with Gasteiger partial charge in [0.05, 0.1) is 10.7 Å². The molecule has 0 aliphatic carbocycles. The summed E-state index contributed by atoms with van der Waals surface area (Å²) in [6.07, 6.45) is 0. The summed E-state index contributed by atoms with van der Waals surface area (Å²) in [6.45, 7) is 1.50. The zero-order valence-corrected chi connectivity index (χ0v) is 9.31. The third-order valence-corrected chi connectivity index (χ3v) is 2.69. The smallest absolute Gasteiger partial charge is 0.159 e. The Kier molecular flexibility index (Phi) is 2.95. The summed E-state index contributed by atoms with van der Waals surface area (Å²) in [5, 5.41) is 0.437. The van der Waals surface area contributed by atoms with Gasteiger partial charge in [-0.15, -0.1) is 0 Å². The third-order valence-electron chi connectivity index (χ3n) is 1.49. The molecule has 12 heavy (non-hydrogen) atoms. The number of hydrogen-bond donors (Lipinski definition) is 1. The van der Waals surface area contributed by atoms with Crippen molar-refractivity contribution < 1.29 is 4.79 Å². The molecule has 0 unspecified atom stereocenters. The molecule has 0 fully saturated rings. The van der Waals surface area contributed by atoms with E-state index in [1.807, 2.05) is 22.6 Å². The molecule has 0 radical (unpaired) electrons. The number of anilines is 1. The van der Waals surface area contributed by atoms with Crippen molar-refractivity contribution in [2.24, 2.45) is 0 Å². The molecule has 0 saturated heterocycles. The Morgan fingerprint density at radius 2 is 2.17 bits per heavy atom. The van der Waals surface area contributed by atoms with Gasteiger partial charge in [-0.1, -0.05) is 11.6 Å². The molecule has 0 spiro atoms. The largest absolute Gasteiger partial charge is 0.397 e. The summed E-state index contributed by atoms with van der Waals surface area (Å²) in [5.74, 6) is -0.00480. The van der Waals surface area contributed by atoms with Crippen molar-refractivity contribution in [3.05, 3.63) is 26.3 Å². The van der Waals surface area contributed by atoms with E-state index in [2.05, 4.69) is 0 Å². The number of carbonyl (C=O) groups excluding carboxylic acids is 1. The van der Waals surface area contributed by atoms with Gasteiger partial charge in [0.2, 0.25) is 0 Å². The molecule has 2 N–H and O–H groups in total. The average molecular weight is 296 g/mol. The van der Waals surface area contributed by atoms with Gasteiger partial charge in [0.25, 0.3) is 0 Å². The average Bonchev–Trinajstić information content (AvgIpc) is 1.99. The molecule has 1 rings (SSSR count). The minimum atomic E-state index is -0.00480. The van der Waals surface area contributed by atoms with Crippen molar-refractivity contribution in [3.8, 4) is 0 Å². The van der Waals surface area contributed by atoms with Gasteiger partial charge in [-0.3, -0.25) is 4.79 Å². The highest BCUT2D eigenvalue weighted by Gasteiger charge is 2.06. The Bertz CT molecular complexity index is 315. The minimum Gasteiger partial charge on any atom is -0.397 e. The molecule has 4 heteroatoms. The van der Waals surface area contributed by atoms with Crippen LogP contribution in [0.25, 0.3) is 0 Å². The molecule has 0 aromatic heterocycles. The standard InChI is InChI=1S/C8H7ClINO/c1-4(12)5-2-6(9)8(11)7(10)3-5/h2-3H,11H2,1H3. The predicted molar refractivity (Wildman–Crippen MR) is 58.6 cm³/mol. The van der Waals surface area contributed by atoms with Gasteiger partial charge >= 0.3 is 0 Å². The molecule has 0 aliphatic heterocycles. The third kappa shape index (κ3) is 1.90. The molecule has 1 aromatic carbocycles. The van der Waals surface area contributed by atoms with Gasteiger partial charge in [0, 0.05) is 9.13 Å². The first-order chi connectivity index (χ1) is 5.52. The van der Waals surface area contributed by atoms with Crippen molar-refractivity contribution >= 4 is 45.7 Å². The number of halogens is 2. The van der Waals surface area contributed by atoms with Crippen LogP contribution < -0.4 is 5.73 Å². The molecule has 2 nitrogen and oxygen atoms in total. The van der Waals surface area contributed by atoms with Crippen LogP contribution in [-0.2, 0) is 0 Å². The van der Waals surface area contributed by atoms with Crippen molar-refractivity contribution in [2.75, 3.05) is 5.73 Å². The van der Waals surface area contributed by atoms with Gasteiger partial charge in [0.15, 0.2) is 5.78 Å². The van der Waals surface area contributed by atoms with E-state index < -0.39 is 0 Å². The lowest BCUT2D eigenvalue weighted by molar-refractivity contribution is 0.101. The lowest BCUT2D eigenvalue weighted by Crippen LogP contribution is -1.97. The van der Waals surface area contributed by atoms with E-state index >= 15 is 0 Å². The summed E-state index contributed by atoms with van der Waals surface area (Å²) < 4.78 is 0.810. The first-order valence-corrected chi connectivity index (χ1v) is 4.73. The Labute approximate surface area is 89.2 Å². The first kappa shape index (κ1) is 9.80. The summed E-state index contributed by atoms with van der Waals surface area (Å²) in [6, 6.07) is 3.31. The Morgan fingerprint density at radius 3 is 2.58 bits per heavy atom. The van der Waals surface area contributed by atoms with Crippen LogP contribution in [0.3, 0.4) is 0 Å². The summed E-state index contributed by atoms with van der Waals surface area (Å²) in [4.78, 5) is 11.0. The van der Waals surface area contributed by atoms with Crippen LogP contribution in [-0.4, -0.2) is 5.78 Å². The van der Waals surface area contributed by atoms with Crippen LogP contribution in [0, 0.1) is 3.57 Å². The van der Waals surface area contributed by atoms with Crippen LogP contribution in [0.1, 0.15) is 17.3 Å². The number of benzene rings is 1. The normalized spacial score (nSPS) is 9.92. The molecule has 0 aliphatic rings. The molecule has 64 valence electrons. The topological polar surface area (TPSA) is 43.1 Å². The fourth-order valence-electron chi connectivity index (χ4n) is 0.788. The maximum Gasteiger partial charge on any atom is 0.159 e. The highest BCUT2D eigenvalue weighted by molar-refractivity contribution is 14.1. The van der Waals surface area contributed by atoms with E-state index in [1.165, 1.54) is 6.92 Å². The fraction of sp³-hybridized carbons (Fsp3) is 0.125. The molecule has 0 bridgehead atoms. The Balaban J connectivity index is 3.31. The lowest BCUT2D eigenvalue weighted by Gasteiger charge is -2.03. The number of hydrogen-bond acceptors (Lipinski definition) is 2. The minimum absolute atomic E-state index is 0.00480. The SMILES string of the molecule is CC(=O)c1cc(Cl)c(N)c(I)c1. The van der Waals surface area contributed by atoms with E-state index in [9.17, 15) is 4.79 Å². The van der Waals surface area contributed by atoms with Crippen molar-refractivity contribution in [3.63, 3.8) is 0 Å². The molecular formula is C8H7ClINO. The first-order valence-electron chi connectivity index (χ1n) is 3.28.